The second kappa shape index (κ2) is 8.33. The molecular weight excluding hydrogens is 374 g/mol. The van der Waals surface area contributed by atoms with E-state index >= 15 is 0 Å². The molecule has 0 bridgehead atoms. The molecule has 138 valence electrons. The Morgan fingerprint density at radius 1 is 1.18 bits per heavy atom. The van der Waals surface area contributed by atoms with E-state index in [-0.39, 0.29) is 5.91 Å². The maximum atomic E-state index is 12.7. The van der Waals surface area contributed by atoms with Gasteiger partial charge in [0.15, 0.2) is 11.6 Å². The van der Waals surface area contributed by atoms with Crippen LogP contribution >= 0.6 is 11.8 Å². The summed E-state index contributed by atoms with van der Waals surface area (Å²) in [6.45, 7) is 1.78. The Hall–Kier alpha value is -3.69. The minimum Gasteiger partial charge on any atom is -0.342 e. The van der Waals surface area contributed by atoms with Crippen LogP contribution in [0.15, 0.2) is 47.8 Å². The first-order valence-corrected chi connectivity index (χ1v) is 9.44. The topological polar surface area (TPSA) is 120 Å². The van der Waals surface area contributed by atoms with Gasteiger partial charge in [-0.3, -0.25) is 4.79 Å². The van der Waals surface area contributed by atoms with E-state index in [0.29, 0.717) is 28.3 Å². The Balaban J connectivity index is 1.83. The van der Waals surface area contributed by atoms with Gasteiger partial charge < -0.3 is 5.32 Å². The summed E-state index contributed by atoms with van der Waals surface area (Å²) in [6, 6.07) is 11.9. The van der Waals surface area contributed by atoms with Gasteiger partial charge >= 0.3 is 0 Å². The Kier molecular flexibility index (Phi) is 5.68. The molecule has 0 saturated heterocycles. The third-order valence-electron chi connectivity index (χ3n) is 3.94. The molecule has 1 N–H and O–H groups in total. The maximum absolute atomic E-state index is 12.7. The molecule has 0 unspecified atom stereocenters. The molecule has 3 rings (SSSR count). The standard InChI is InChI=1S/C19H15N7OS/c1-12(25-19(27)15-5-14(9-21)6-16(7-15)28-2)18-23-11-24-26(18)17-4-3-13(8-20)10-22-17/h3-7,10-12H,1-2H3,(H,25,27)/t12-/m0/s1. The fraction of sp³-hybridized carbons (Fsp3) is 0.158. The van der Waals surface area contributed by atoms with Crippen LogP contribution in [0.2, 0.25) is 0 Å². The van der Waals surface area contributed by atoms with Crippen LogP contribution in [-0.2, 0) is 0 Å². The van der Waals surface area contributed by atoms with Gasteiger partial charge in [-0.05, 0) is 43.5 Å². The zero-order valence-corrected chi connectivity index (χ0v) is 15.9. The van der Waals surface area contributed by atoms with E-state index in [1.165, 1.54) is 29.0 Å². The second-order valence-corrected chi connectivity index (χ2v) is 6.68. The lowest BCUT2D eigenvalue weighted by atomic mass is 10.1. The van der Waals surface area contributed by atoms with Crippen molar-refractivity contribution in [3.63, 3.8) is 0 Å². The second-order valence-electron chi connectivity index (χ2n) is 5.80. The number of aromatic nitrogens is 4. The smallest absolute Gasteiger partial charge is 0.251 e. The van der Waals surface area contributed by atoms with Crippen LogP contribution in [0, 0.1) is 22.7 Å². The molecule has 0 spiro atoms. The SMILES string of the molecule is CSc1cc(C#N)cc(C(=O)N[C@@H](C)c2ncnn2-c2ccc(C#N)cn2)c1. The predicted octanol–water partition coefficient (Wildman–Crippen LogP) is 2.62. The molecule has 9 heteroatoms. The largest absolute Gasteiger partial charge is 0.342 e. The lowest BCUT2D eigenvalue weighted by molar-refractivity contribution is 0.0937. The Morgan fingerprint density at radius 2 is 1.96 bits per heavy atom. The van der Waals surface area contributed by atoms with Crippen LogP contribution in [-0.4, -0.2) is 31.9 Å². The number of hydrogen-bond donors (Lipinski definition) is 1. The van der Waals surface area contributed by atoms with Crippen molar-refractivity contribution in [2.45, 2.75) is 17.9 Å². The van der Waals surface area contributed by atoms with Crippen LogP contribution < -0.4 is 5.32 Å². The van der Waals surface area contributed by atoms with Gasteiger partial charge in [0.2, 0.25) is 0 Å². The number of hydrogen-bond acceptors (Lipinski definition) is 7. The molecular formula is C19H15N7OS. The monoisotopic (exact) mass is 389 g/mol. The molecule has 1 amide bonds. The number of nitrogens with zero attached hydrogens (tertiary/aromatic N) is 6. The molecule has 2 heterocycles. The average molecular weight is 389 g/mol. The molecule has 0 aliphatic rings. The first kappa shape index (κ1) is 19.1. The van der Waals surface area contributed by atoms with Crippen LogP contribution in [0.4, 0.5) is 0 Å². The number of pyridine rings is 1. The third-order valence-corrected chi connectivity index (χ3v) is 4.64. The summed E-state index contributed by atoms with van der Waals surface area (Å²) >= 11 is 1.46. The summed E-state index contributed by atoms with van der Waals surface area (Å²) in [5.74, 6) is 0.665. The van der Waals surface area contributed by atoms with Crippen LogP contribution in [0.25, 0.3) is 5.82 Å². The number of amides is 1. The van der Waals surface area contributed by atoms with Crippen LogP contribution in [0.3, 0.4) is 0 Å². The van der Waals surface area contributed by atoms with Gasteiger partial charge in [-0.1, -0.05) is 0 Å². The molecule has 0 aliphatic heterocycles. The lowest BCUT2D eigenvalue weighted by Crippen LogP contribution is -2.29. The van der Waals surface area contributed by atoms with E-state index in [1.807, 2.05) is 12.3 Å². The molecule has 3 aromatic rings. The van der Waals surface area contributed by atoms with E-state index in [0.717, 1.165) is 4.90 Å². The highest BCUT2D eigenvalue weighted by molar-refractivity contribution is 7.98. The van der Waals surface area contributed by atoms with Crippen LogP contribution in [0.5, 0.6) is 0 Å². The lowest BCUT2D eigenvalue weighted by Gasteiger charge is -2.15. The highest BCUT2D eigenvalue weighted by atomic mass is 32.2. The summed E-state index contributed by atoms with van der Waals surface area (Å²) < 4.78 is 1.51. The van der Waals surface area contributed by atoms with E-state index in [2.05, 4.69) is 26.5 Å². The minimum atomic E-state index is -0.462. The Labute approximate surface area is 165 Å². The van der Waals surface area contributed by atoms with E-state index in [1.54, 1.807) is 37.3 Å². The van der Waals surface area contributed by atoms with Gasteiger partial charge in [0.05, 0.1) is 23.2 Å². The van der Waals surface area contributed by atoms with Crippen molar-refractivity contribution in [3.8, 4) is 18.0 Å². The summed E-state index contributed by atoms with van der Waals surface area (Å²) in [5, 5.41) is 25.1. The van der Waals surface area contributed by atoms with Gasteiger partial charge in [-0.2, -0.15) is 20.3 Å². The number of thioether (sulfide) groups is 1. The van der Waals surface area contributed by atoms with Gasteiger partial charge in [0, 0.05) is 16.7 Å². The minimum absolute atomic E-state index is 0.317. The first-order valence-electron chi connectivity index (χ1n) is 8.22. The normalized spacial score (nSPS) is 11.3. The van der Waals surface area contributed by atoms with Gasteiger partial charge in [0.25, 0.3) is 5.91 Å². The van der Waals surface area contributed by atoms with Crippen molar-refractivity contribution in [1.29, 1.82) is 10.5 Å². The molecule has 0 aliphatic carbocycles. The van der Waals surface area contributed by atoms with Crippen molar-refractivity contribution < 1.29 is 4.79 Å². The first-order chi connectivity index (χ1) is 13.5. The molecule has 2 aromatic heterocycles. The van der Waals surface area contributed by atoms with Crippen molar-refractivity contribution in [1.82, 2.24) is 25.1 Å². The Morgan fingerprint density at radius 3 is 2.61 bits per heavy atom. The Bertz CT molecular complexity index is 1090. The fourth-order valence-corrected chi connectivity index (χ4v) is 3.05. The van der Waals surface area contributed by atoms with Crippen molar-refractivity contribution in [3.05, 3.63) is 65.4 Å². The van der Waals surface area contributed by atoms with Crippen molar-refractivity contribution in [2.24, 2.45) is 0 Å². The average Bonchev–Trinajstić information content (AvgIpc) is 3.23. The number of benzene rings is 1. The predicted molar refractivity (Wildman–Crippen MR) is 103 cm³/mol. The number of carbonyl (C=O) groups excluding carboxylic acids is 1. The molecule has 0 radical (unpaired) electrons. The molecule has 8 nitrogen and oxygen atoms in total. The highest BCUT2D eigenvalue weighted by Gasteiger charge is 2.19. The van der Waals surface area contributed by atoms with Crippen molar-refractivity contribution in [2.75, 3.05) is 6.26 Å². The summed E-state index contributed by atoms with van der Waals surface area (Å²) in [4.78, 5) is 21.9. The highest BCUT2D eigenvalue weighted by Crippen LogP contribution is 2.20. The molecule has 1 aromatic carbocycles. The summed E-state index contributed by atoms with van der Waals surface area (Å²) in [6.07, 6.45) is 4.70. The summed E-state index contributed by atoms with van der Waals surface area (Å²) in [5.41, 5.74) is 1.26. The zero-order chi connectivity index (χ0) is 20.1. The summed E-state index contributed by atoms with van der Waals surface area (Å²) in [7, 11) is 0. The van der Waals surface area contributed by atoms with Crippen molar-refractivity contribution >= 4 is 17.7 Å². The fourth-order valence-electron chi connectivity index (χ4n) is 2.56. The van der Waals surface area contributed by atoms with Gasteiger partial charge in [0.1, 0.15) is 12.4 Å². The zero-order valence-electron chi connectivity index (χ0n) is 15.1. The van der Waals surface area contributed by atoms with Crippen LogP contribution in [0.1, 0.15) is 40.3 Å². The quantitative estimate of drug-likeness (QED) is 0.666. The number of nitriles is 2. The molecule has 0 saturated carbocycles. The number of rotatable bonds is 5. The van der Waals surface area contributed by atoms with Gasteiger partial charge in [-0.25, -0.2) is 9.97 Å². The molecule has 28 heavy (non-hydrogen) atoms. The van der Waals surface area contributed by atoms with E-state index in [9.17, 15) is 4.79 Å². The van der Waals surface area contributed by atoms with E-state index < -0.39 is 6.04 Å². The van der Waals surface area contributed by atoms with E-state index in [4.69, 9.17) is 10.5 Å². The number of nitrogens with one attached hydrogen (secondary N) is 1. The van der Waals surface area contributed by atoms with Gasteiger partial charge in [-0.15, -0.1) is 11.8 Å². The maximum Gasteiger partial charge on any atom is 0.251 e. The molecule has 1 atom stereocenters. The molecule has 0 fully saturated rings. The number of carbonyl (C=O) groups is 1. The third kappa shape index (κ3) is 4.00.